The minimum Gasteiger partial charge on any atom is -0.333 e. The van der Waals surface area contributed by atoms with Crippen LogP contribution in [0.3, 0.4) is 0 Å². The van der Waals surface area contributed by atoms with Gasteiger partial charge < -0.3 is 9.80 Å². The summed E-state index contributed by atoms with van der Waals surface area (Å²) >= 11 is 0. The number of rotatable bonds is 3. The highest BCUT2D eigenvalue weighted by atomic mass is 19.3. The number of alkyl halides is 2. The molecule has 14 heavy (non-hydrogen) atoms. The summed E-state index contributed by atoms with van der Waals surface area (Å²) in [5.74, 6) is -1.02. The molecular weight excluding hydrogens is 190 g/mol. The zero-order valence-corrected chi connectivity index (χ0v) is 8.54. The van der Waals surface area contributed by atoms with Gasteiger partial charge in [0.1, 0.15) is 0 Å². The quantitative estimate of drug-likeness (QED) is 0.682. The highest BCUT2D eigenvalue weighted by molar-refractivity contribution is 5.79. The number of nitrogens with zero attached hydrogens (tertiary/aromatic N) is 2. The van der Waals surface area contributed by atoms with E-state index < -0.39 is 12.3 Å². The number of hydrogen-bond donors (Lipinski definition) is 0. The molecule has 0 spiro atoms. The standard InChI is InChI=1S/C9H16F2N2O/c1-12(2)6-7-4-3-5-13(7)9(14)8(10)11/h7-8H,3-6H2,1-2H3. The van der Waals surface area contributed by atoms with Gasteiger partial charge in [-0.25, -0.2) is 0 Å². The predicted molar refractivity (Wildman–Crippen MR) is 49.3 cm³/mol. The number of likely N-dealkylation sites (tertiary alicyclic amines) is 1. The van der Waals surface area contributed by atoms with Crippen molar-refractivity contribution in [3.8, 4) is 0 Å². The van der Waals surface area contributed by atoms with Crippen molar-refractivity contribution >= 4 is 5.91 Å². The number of carbonyl (C=O) groups excluding carboxylic acids is 1. The van der Waals surface area contributed by atoms with E-state index in [1.165, 1.54) is 4.90 Å². The van der Waals surface area contributed by atoms with Crippen LogP contribution in [-0.4, -0.2) is 55.4 Å². The Balaban J connectivity index is 2.55. The molecule has 82 valence electrons. The Labute approximate surface area is 82.7 Å². The molecule has 0 radical (unpaired) electrons. The Kier molecular flexibility index (Phi) is 3.80. The van der Waals surface area contributed by atoms with E-state index in [1.54, 1.807) is 0 Å². The number of hydrogen-bond acceptors (Lipinski definition) is 2. The van der Waals surface area contributed by atoms with Crippen molar-refractivity contribution in [2.75, 3.05) is 27.2 Å². The van der Waals surface area contributed by atoms with E-state index in [2.05, 4.69) is 0 Å². The first-order valence-corrected chi connectivity index (χ1v) is 4.75. The second kappa shape index (κ2) is 4.68. The van der Waals surface area contributed by atoms with Gasteiger partial charge in [0.2, 0.25) is 0 Å². The Morgan fingerprint density at radius 3 is 2.71 bits per heavy atom. The molecule has 0 aromatic heterocycles. The fourth-order valence-corrected chi connectivity index (χ4v) is 1.86. The first-order chi connectivity index (χ1) is 6.52. The molecule has 0 aromatic carbocycles. The summed E-state index contributed by atoms with van der Waals surface area (Å²) in [5, 5.41) is 0. The van der Waals surface area contributed by atoms with Crippen molar-refractivity contribution in [2.45, 2.75) is 25.3 Å². The van der Waals surface area contributed by atoms with Crippen LogP contribution in [0.2, 0.25) is 0 Å². The maximum atomic E-state index is 12.2. The van der Waals surface area contributed by atoms with Crippen LogP contribution in [0.5, 0.6) is 0 Å². The number of halogens is 2. The van der Waals surface area contributed by atoms with Crippen LogP contribution in [0.25, 0.3) is 0 Å². The van der Waals surface area contributed by atoms with Gasteiger partial charge in [-0.05, 0) is 26.9 Å². The molecule has 0 saturated carbocycles. The van der Waals surface area contributed by atoms with Gasteiger partial charge in [0.05, 0.1) is 0 Å². The number of carbonyl (C=O) groups is 1. The minimum atomic E-state index is -2.86. The highest BCUT2D eigenvalue weighted by Gasteiger charge is 2.33. The highest BCUT2D eigenvalue weighted by Crippen LogP contribution is 2.19. The summed E-state index contributed by atoms with van der Waals surface area (Å²) in [4.78, 5) is 14.3. The molecule has 1 aliphatic heterocycles. The molecule has 1 amide bonds. The Morgan fingerprint density at radius 2 is 2.21 bits per heavy atom. The third-order valence-electron chi connectivity index (χ3n) is 2.42. The average Bonchev–Trinajstić information content (AvgIpc) is 2.49. The second-order valence-electron chi connectivity index (χ2n) is 3.89. The van der Waals surface area contributed by atoms with Crippen LogP contribution >= 0.6 is 0 Å². The van der Waals surface area contributed by atoms with E-state index in [4.69, 9.17) is 0 Å². The van der Waals surface area contributed by atoms with E-state index in [9.17, 15) is 13.6 Å². The first-order valence-electron chi connectivity index (χ1n) is 4.75. The van der Waals surface area contributed by atoms with Gasteiger partial charge in [0, 0.05) is 19.1 Å². The Morgan fingerprint density at radius 1 is 1.57 bits per heavy atom. The van der Waals surface area contributed by atoms with Crippen molar-refractivity contribution in [3.05, 3.63) is 0 Å². The molecule has 1 saturated heterocycles. The lowest BCUT2D eigenvalue weighted by molar-refractivity contribution is -0.143. The fourth-order valence-electron chi connectivity index (χ4n) is 1.86. The van der Waals surface area contributed by atoms with Crippen molar-refractivity contribution in [1.82, 2.24) is 9.80 Å². The zero-order chi connectivity index (χ0) is 10.7. The lowest BCUT2D eigenvalue weighted by Crippen LogP contribution is -2.43. The molecule has 0 bridgehead atoms. The third kappa shape index (κ3) is 2.64. The summed E-state index contributed by atoms with van der Waals surface area (Å²) < 4.78 is 24.4. The maximum Gasteiger partial charge on any atom is 0.315 e. The summed E-state index contributed by atoms with van der Waals surface area (Å²) in [6.07, 6.45) is -1.20. The molecule has 1 heterocycles. The topological polar surface area (TPSA) is 23.6 Å². The lowest BCUT2D eigenvalue weighted by atomic mass is 10.2. The first kappa shape index (κ1) is 11.4. The van der Waals surface area contributed by atoms with Gasteiger partial charge in [0.25, 0.3) is 5.91 Å². The van der Waals surface area contributed by atoms with Crippen molar-refractivity contribution in [3.63, 3.8) is 0 Å². The van der Waals surface area contributed by atoms with Crippen molar-refractivity contribution < 1.29 is 13.6 Å². The van der Waals surface area contributed by atoms with Crippen LogP contribution in [0.4, 0.5) is 8.78 Å². The molecule has 0 N–H and O–H groups in total. The van der Waals surface area contributed by atoms with Crippen molar-refractivity contribution in [1.29, 1.82) is 0 Å². The Bertz CT molecular complexity index is 209. The van der Waals surface area contributed by atoms with Gasteiger partial charge >= 0.3 is 6.43 Å². The van der Waals surface area contributed by atoms with Crippen LogP contribution in [-0.2, 0) is 4.79 Å². The fraction of sp³-hybridized carbons (Fsp3) is 0.889. The molecular formula is C9H16F2N2O. The van der Waals surface area contributed by atoms with E-state index in [0.717, 1.165) is 12.8 Å². The van der Waals surface area contributed by atoms with Gasteiger partial charge in [-0.1, -0.05) is 0 Å². The molecule has 1 fully saturated rings. The van der Waals surface area contributed by atoms with Gasteiger partial charge in [0.15, 0.2) is 0 Å². The van der Waals surface area contributed by atoms with Crippen LogP contribution < -0.4 is 0 Å². The van der Waals surface area contributed by atoms with E-state index in [0.29, 0.717) is 13.1 Å². The number of amides is 1. The maximum absolute atomic E-state index is 12.2. The zero-order valence-electron chi connectivity index (χ0n) is 8.54. The van der Waals surface area contributed by atoms with Gasteiger partial charge in [-0.3, -0.25) is 4.79 Å². The smallest absolute Gasteiger partial charge is 0.315 e. The minimum absolute atomic E-state index is 0.0356. The molecule has 3 nitrogen and oxygen atoms in total. The van der Waals surface area contributed by atoms with E-state index in [1.807, 2.05) is 19.0 Å². The third-order valence-corrected chi connectivity index (χ3v) is 2.42. The average molecular weight is 206 g/mol. The molecule has 1 rings (SSSR count). The lowest BCUT2D eigenvalue weighted by Gasteiger charge is -2.26. The van der Waals surface area contributed by atoms with Gasteiger partial charge in [-0.15, -0.1) is 0 Å². The SMILES string of the molecule is CN(C)CC1CCCN1C(=O)C(F)F. The second-order valence-corrected chi connectivity index (χ2v) is 3.89. The van der Waals surface area contributed by atoms with Crippen LogP contribution in [0.1, 0.15) is 12.8 Å². The molecule has 1 unspecified atom stereocenters. The molecule has 0 aliphatic carbocycles. The van der Waals surface area contributed by atoms with Gasteiger partial charge in [-0.2, -0.15) is 8.78 Å². The summed E-state index contributed by atoms with van der Waals surface area (Å²) in [6, 6.07) is -0.0356. The van der Waals surface area contributed by atoms with E-state index >= 15 is 0 Å². The molecule has 1 atom stereocenters. The van der Waals surface area contributed by atoms with Crippen molar-refractivity contribution in [2.24, 2.45) is 0 Å². The summed E-state index contributed by atoms with van der Waals surface area (Å²) in [6.45, 7) is 1.14. The van der Waals surface area contributed by atoms with Crippen LogP contribution in [0.15, 0.2) is 0 Å². The number of likely N-dealkylation sites (N-methyl/N-ethyl adjacent to an activating group) is 1. The van der Waals surface area contributed by atoms with Crippen LogP contribution in [0, 0.1) is 0 Å². The molecule has 5 heteroatoms. The normalized spacial score (nSPS) is 22.4. The summed E-state index contributed by atoms with van der Waals surface area (Å²) in [7, 11) is 3.76. The molecule has 0 aromatic rings. The van der Waals surface area contributed by atoms with E-state index in [-0.39, 0.29) is 6.04 Å². The largest absolute Gasteiger partial charge is 0.333 e. The molecule has 1 aliphatic rings. The Hall–Kier alpha value is -0.710. The monoisotopic (exact) mass is 206 g/mol. The predicted octanol–water partition coefficient (Wildman–Crippen LogP) is 0.804. The summed E-state index contributed by atoms with van der Waals surface area (Å²) in [5.41, 5.74) is 0.